The summed E-state index contributed by atoms with van der Waals surface area (Å²) in [6, 6.07) is 0. The zero-order valence-corrected chi connectivity index (χ0v) is 14.6. The van der Waals surface area contributed by atoms with Crippen LogP contribution < -0.4 is 0 Å². The molecule has 0 radical (unpaired) electrons. The van der Waals surface area contributed by atoms with Crippen LogP contribution in [-0.2, 0) is 4.74 Å². The van der Waals surface area contributed by atoms with Gasteiger partial charge in [0.1, 0.15) is 12.2 Å². The topological polar surface area (TPSA) is 110 Å². The van der Waals surface area contributed by atoms with E-state index in [-0.39, 0.29) is 19.6 Å². The normalized spacial score (nSPS) is 28.0. The Balaban J connectivity index is 2.52. The van der Waals surface area contributed by atoms with Gasteiger partial charge in [-0.25, -0.2) is 0 Å². The van der Waals surface area contributed by atoms with Gasteiger partial charge in [-0.05, 0) is 55.3 Å². The molecular formula is C20H24O6. The van der Waals surface area contributed by atoms with E-state index in [1.54, 1.807) is 6.92 Å². The van der Waals surface area contributed by atoms with Crippen molar-refractivity contribution in [2.45, 2.75) is 56.7 Å². The van der Waals surface area contributed by atoms with Crippen LogP contribution in [0.5, 0.6) is 0 Å². The Kier molecular flexibility index (Phi) is 10.5. The summed E-state index contributed by atoms with van der Waals surface area (Å²) in [6.45, 7) is 1.08. The molecule has 0 spiro atoms. The van der Waals surface area contributed by atoms with Gasteiger partial charge in [-0.1, -0.05) is 11.8 Å². The number of ether oxygens (including phenoxy) is 1. The first-order valence-corrected chi connectivity index (χ1v) is 8.36. The van der Waals surface area contributed by atoms with Crippen molar-refractivity contribution in [3.63, 3.8) is 0 Å². The molecule has 1 aliphatic carbocycles. The minimum Gasteiger partial charge on any atom is -0.396 e. The molecule has 140 valence electrons. The molecule has 1 rings (SSSR count). The second kappa shape index (κ2) is 12.4. The average Bonchev–Trinajstić information content (AvgIpc) is 2.65. The molecule has 0 saturated heterocycles. The molecule has 0 aromatic rings. The van der Waals surface area contributed by atoms with E-state index in [2.05, 4.69) is 47.4 Å². The number of rotatable bonds is 6. The summed E-state index contributed by atoms with van der Waals surface area (Å²) in [5.74, 6) is 20.2. The molecule has 26 heavy (non-hydrogen) atoms. The second-order valence-corrected chi connectivity index (χ2v) is 5.84. The third kappa shape index (κ3) is 7.09. The Hall–Kier alpha value is -2.00. The van der Waals surface area contributed by atoms with Crippen LogP contribution in [0.1, 0.15) is 26.2 Å². The molecular weight excluding hydrogens is 336 g/mol. The minimum absolute atomic E-state index is 0.183. The highest BCUT2D eigenvalue weighted by atomic mass is 16.5. The summed E-state index contributed by atoms with van der Waals surface area (Å²) in [4.78, 5) is 0. The van der Waals surface area contributed by atoms with Gasteiger partial charge in [0.15, 0.2) is 0 Å². The molecule has 0 bridgehead atoms. The third-order valence-corrected chi connectivity index (χ3v) is 4.02. The standard InChI is InChI=1S/C20H24O6/c1-2-3-4-5-6-7-8-9-10-11-16(14-22)26-17-12-15(13-21)18(23)20(25)19(17)24/h15-25H,10-14H2,1H3/t15-,16?,17-,18-,19+,20+/m1/s1. The predicted octanol–water partition coefficient (Wildman–Crippen LogP) is -1.36. The Labute approximate surface area is 154 Å². The summed E-state index contributed by atoms with van der Waals surface area (Å²) in [5.41, 5.74) is 0. The molecule has 6 atom stereocenters. The van der Waals surface area contributed by atoms with Crippen LogP contribution in [0.25, 0.3) is 0 Å². The van der Waals surface area contributed by atoms with Gasteiger partial charge in [0.25, 0.3) is 0 Å². The lowest BCUT2D eigenvalue weighted by atomic mass is 9.81. The highest BCUT2D eigenvalue weighted by molar-refractivity contribution is 5.39. The van der Waals surface area contributed by atoms with Crippen molar-refractivity contribution in [3.05, 3.63) is 0 Å². The molecule has 1 aliphatic rings. The summed E-state index contributed by atoms with van der Waals surface area (Å²) < 4.78 is 5.65. The lowest BCUT2D eigenvalue weighted by Crippen LogP contribution is -2.56. The quantitative estimate of drug-likeness (QED) is 0.374. The molecule has 1 fully saturated rings. The zero-order valence-electron chi connectivity index (χ0n) is 14.6. The van der Waals surface area contributed by atoms with Crippen molar-refractivity contribution in [2.75, 3.05) is 13.2 Å². The molecule has 1 unspecified atom stereocenters. The summed E-state index contributed by atoms with van der Waals surface area (Å²) >= 11 is 0. The molecule has 0 amide bonds. The van der Waals surface area contributed by atoms with Crippen LogP contribution in [-0.4, -0.2) is 69.3 Å². The largest absolute Gasteiger partial charge is 0.396 e. The van der Waals surface area contributed by atoms with E-state index in [1.807, 2.05) is 0 Å². The molecule has 0 heterocycles. The maximum atomic E-state index is 10.0. The molecule has 0 aromatic carbocycles. The van der Waals surface area contributed by atoms with Crippen molar-refractivity contribution in [2.24, 2.45) is 5.92 Å². The summed E-state index contributed by atoms with van der Waals surface area (Å²) in [7, 11) is 0. The second-order valence-electron chi connectivity index (χ2n) is 5.84. The number of aliphatic hydroxyl groups is 5. The van der Waals surface area contributed by atoms with Crippen molar-refractivity contribution in [1.29, 1.82) is 0 Å². The van der Waals surface area contributed by atoms with Gasteiger partial charge >= 0.3 is 0 Å². The molecule has 1 saturated carbocycles. The number of hydrogen-bond acceptors (Lipinski definition) is 6. The van der Waals surface area contributed by atoms with Crippen LogP contribution in [0.3, 0.4) is 0 Å². The maximum absolute atomic E-state index is 10.0. The molecule has 0 aliphatic heterocycles. The van der Waals surface area contributed by atoms with E-state index in [0.717, 1.165) is 0 Å². The van der Waals surface area contributed by atoms with E-state index in [4.69, 9.17) is 4.74 Å². The molecule has 0 aromatic heterocycles. The van der Waals surface area contributed by atoms with Crippen LogP contribution in [0, 0.1) is 53.3 Å². The van der Waals surface area contributed by atoms with E-state index in [0.29, 0.717) is 12.8 Å². The number of aliphatic hydroxyl groups excluding tert-OH is 5. The van der Waals surface area contributed by atoms with E-state index in [9.17, 15) is 25.5 Å². The van der Waals surface area contributed by atoms with E-state index < -0.39 is 36.4 Å². The van der Waals surface area contributed by atoms with Crippen LogP contribution >= 0.6 is 0 Å². The summed E-state index contributed by atoms with van der Waals surface area (Å²) in [5, 5.41) is 48.4. The molecule has 5 N–H and O–H groups in total. The highest BCUT2D eigenvalue weighted by Gasteiger charge is 2.43. The maximum Gasteiger partial charge on any atom is 0.109 e. The Morgan fingerprint density at radius 1 is 0.923 bits per heavy atom. The minimum atomic E-state index is -1.40. The Morgan fingerprint density at radius 3 is 2.19 bits per heavy atom. The SMILES string of the molecule is CC#CC#CC#CC#CCCC(CO)O[C@@H]1C[C@H](CO)[C@@H](O)[C@H](O)[C@H]1O. The first kappa shape index (κ1) is 22.0. The Morgan fingerprint density at radius 2 is 1.58 bits per heavy atom. The lowest BCUT2D eigenvalue weighted by molar-refractivity contribution is -0.194. The fourth-order valence-electron chi connectivity index (χ4n) is 2.57. The highest BCUT2D eigenvalue weighted by Crippen LogP contribution is 2.28. The zero-order chi connectivity index (χ0) is 19.4. The van der Waals surface area contributed by atoms with Crippen molar-refractivity contribution < 1.29 is 30.3 Å². The van der Waals surface area contributed by atoms with E-state index >= 15 is 0 Å². The first-order chi connectivity index (χ1) is 12.5. The van der Waals surface area contributed by atoms with Crippen molar-refractivity contribution in [3.8, 4) is 47.4 Å². The fourth-order valence-corrected chi connectivity index (χ4v) is 2.57. The van der Waals surface area contributed by atoms with E-state index in [1.165, 1.54) is 0 Å². The van der Waals surface area contributed by atoms with Gasteiger partial charge in [-0.3, -0.25) is 0 Å². The predicted molar refractivity (Wildman–Crippen MR) is 95.0 cm³/mol. The lowest BCUT2D eigenvalue weighted by Gasteiger charge is -2.40. The third-order valence-electron chi connectivity index (χ3n) is 4.02. The van der Waals surface area contributed by atoms with Gasteiger partial charge in [0.05, 0.1) is 24.9 Å². The molecule has 6 heteroatoms. The summed E-state index contributed by atoms with van der Waals surface area (Å²) in [6.07, 6.45) is -4.27. The van der Waals surface area contributed by atoms with Crippen LogP contribution in [0.15, 0.2) is 0 Å². The van der Waals surface area contributed by atoms with Crippen molar-refractivity contribution in [1.82, 2.24) is 0 Å². The van der Waals surface area contributed by atoms with Gasteiger partial charge in [-0.15, -0.1) is 0 Å². The molecule has 6 nitrogen and oxygen atoms in total. The first-order valence-electron chi connectivity index (χ1n) is 8.36. The van der Waals surface area contributed by atoms with Gasteiger partial charge in [0.2, 0.25) is 0 Å². The van der Waals surface area contributed by atoms with Crippen molar-refractivity contribution >= 4 is 0 Å². The van der Waals surface area contributed by atoms with Gasteiger partial charge < -0.3 is 30.3 Å². The monoisotopic (exact) mass is 360 g/mol. The van der Waals surface area contributed by atoms with Crippen LogP contribution in [0.4, 0.5) is 0 Å². The average molecular weight is 360 g/mol. The van der Waals surface area contributed by atoms with Gasteiger partial charge in [-0.2, -0.15) is 0 Å². The smallest absolute Gasteiger partial charge is 0.109 e. The van der Waals surface area contributed by atoms with Crippen LogP contribution in [0.2, 0.25) is 0 Å². The fraction of sp³-hybridized carbons (Fsp3) is 0.600. The van der Waals surface area contributed by atoms with Gasteiger partial charge in [0, 0.05) is 18.9 Å². The number of hydrogen-bond donors (Lipinski definition) is 5. The Bertz CT molecular complexity index is 670.